The SMILES string of the molecule is [CH2]COC(=O)c1ccccc1S(=O)(=O)O. The second-order valence-corrected chi connectivity index (χ2v) is 4.00. The Balaban J connectivity index is 3.25. The van der Waals surface area contributed by atoms with Crippen LogP contribution >= 0.6 is 0 Å². The highest BCUT2D eigenvalue weighted by atomic mass is 32.2. The summed E-state index contributed by atoms with van der Waals surface area (Å²) in [5, 5.41) is 0. The molecule has 1 aromatic carbocycles. The Labute approximate surface area is 87.4 Å². The van der Waals surface area contributed by atoms with Crippen molar-refractivity contribution in [3.05, 3.63) is 36.8 Å². The van der Waals surface area contributed by atoms with Crippen LogP contribution in [0.5, 0.6) is 0 Å². The van der Waals surface area contributed by atoms with Crippen molar-refractivity contribution in [3.8, 4) is 0 Å². The average Bonchev–Trinajstić information content (AvgIpc) is 2.17. The molecular formula is C9H9O5S. The van der Waals surface area contributed by atoms with Gasteiger partial charge in [0.15, 0.2) is 0 Å². The van der Waals surface area contributed by atoms with Crippen molar-refractivity contribution < 1.29 is 22.5 Å². The lowest BCUT2D eigenvalue weighted by atomic mass is 10.2. The standard InChI is InChI=1S/C9H9O5S/c1-2-14-9(10)7-5-3-4-6-8(7)15(11,12)13/h3-6H,1-2H2,(H,11,12,13). The third-order valence-corrected chi connectivity index (χ3v) is 2.53. The summed E-state index contributed by atoms with van der Waals surface area (Å²) in [6, 6.07) is 5.23. The molecule has 0 heterocycles. The van der Waals surface area contributed by atoms with Crippen LogP contribution < -0.4 is 0 Å². The van der Waals surface area contributed by atoms with Crippen LogP contribution in [0, 0.1) is 6.92 Å². The predicted octanol–water partition coefficient (Wildman–Crippen LogP) is 0.924. The van der Waals surface area contributed by atoms with Gasteiger partial charge in [-0.3, -0.25) is 4.55 Å². The first-order valence-corrected chi connectivity index (χ1v) is 5.43. The maximum Gasteiger partial charge on any atom is 0.339 e. The summed E-state index contributed by atoms with van der Waals surface area (Å²) in [5.74, 6) is -0.835. The Morgan fingerprint density at radius 2 is 2.00 bits per heavy atom. The van der Waals surface area contributed by atoms with Crippen molar-refractivity contribution >= 4 is 16.1 Å². The molecule has 0 atom stereocenters. The summed E-state index contributed by atoms with van der Waals surface area (Å²) in [7, 11) is -4.42. The van der Waals surface area contributed by atoms with Crippen LogP contribution in [0.4, 0.5) is 0 Å². The van der Waals surface area contributed by atoms with Crippen LogP contribution in [0.3, 0.4) is 0 Å². The number of carbonyl (C=O) groups is 1. The lowest BCUT2D eigenvalue weighted by molar-refractivity contribution is 0.0542. The number of rotatable bonds is 3. The van der Waals surface area contributed by atoms with E-state index in [-0.39, 0.29) is 12.2 Å². The van der Waals surface area contributed by atoms with Gasteiger partial charge in [-0.2, -0.15) is 8.42 Å². The maximum absolute atomic E-state index is 11.3. The molecule has 0 aliphatic heterocycles. The fourth-order valence-corrected chi connectivity index (χ4v) is 1.71. The first-order valence-electron chi connectivity index (χ1n) is 3.99. The van der Waals surface area contributed by atoms with Crippen LogP contribution in [0.15, 0.2) is 29.2 Å². The molecule has 0 saturated carbocycles. The van der Waals surface area contributed by atoms with Crippen LogP contribution in [0.2, 0.25) is 0 Å². The van der Waals surface area contributed by atoms with Gasteiger partial charge in [0.2, 0.25) is 0 Å². The van der Waals surface area contributed by atoms with Gasteiger partial charge in [0.25, 0.3) is 10.1 Å². The van der Waals surface area contributed by atoms with Gasteiger partial charge in [-0.1, -0.05) is 12.1 Å². The molecule has 0 spiro atoms. The quantitative estimate of drug-likeness (QED) is 0.615. The molecule has 0 aliphatic rings. The van der Waals surface area contributed by atoms with Gasteiger partial charge in [0, 0.05) is 0 Å². The second-order valence-electron chi connectivity index (χ2n) is 2.61. The van der Waals surface area contributed by atoms with Crippen molar-refractivity contribution in [1.29, 1.82) is 0 Å². The van der Waals surface area contributed by atoms with Crippen LogP contribution in [0.25, 0.3) is 0 Å². The third kappa shape index (κ3) is 2.77. The number of hydrogen-bond donors (Lipinski definition) is 1. The molecule has 1 N–H and O–H groups in total. The molecule has 0 saturated heterocycles. The molecule has 0 bridgehead atoms. The van der Waals surface area contributed by atoms with E-state index in [1.165, 1.54) is 18.2 Å². The Kier molecular flexibility index (Phi) is 3.43. The van der Waals surface area contributed by atoms with Crippen LogP contribution in [-0.4, -0.2) is 25.5 Å². The van der Waals surface area contributed by atoms with Crippen molar-refractivity contribution in [1.82, 2.24) is 0 Å². The molecule has 1 rings (SSSR count). The Morgan fingerprint density at radius 1 is 1.40 bits per heavy atom. The maximum atomic E-state index is 11.3. The zero-order chi connectivity index (χ0) is 11.5. The van der Waals surface area contributed by atoms with Gasteiger partial charge in [-0.25, -0.2) is 4.79 Å². The lowest BCUT2D eigenvalue weighted by Crippen LogP contribution is -2.11. The highest BCUT2D eigenvalue weighted by molar-refractivity contribution is 7.86. The average molecular weight is 229 g/mol. The zero-order valence-electron chi connectivity index (χ0n) is 7.71. The van der Waals surface area contributed by atoms with Gasteiger partial charge in [0.05, 0.1) is 12.2 Å². The summed E-state index contributed by atoms with van der Waals surface area (Å²) >= 11 is 0. The highest BCUT2D eigenvalue weighted by Gasteiger charge is 2.20. The van der Waals surface area contributed by atoms with E-state index in [9.17, 15) is 13.2 Å². The first-order chi connectivity index (χ1) is 6.96. The van der Waals surface area contributed by atoms with E-state index in [0.29, 0.717) is 0 Å². The number of hydrogen-bond acceptors (Lipinski definition) is 4. The monoisotopic (exact) mass is 229 g/mol. The fourth-order valence-electron chi connectivity index (χ4n) is 1.03. The van der Waals surface area contributed by atoms with E-state index in [1.807, 2.05) is 0 Å². The topological polar surface area (TPSA) is 80.7 Å². The molecule has 1 aromatic rings. The van der Waals surface area contributed by atoms with E-state index in [2.05, 4.69) is 11.7 Å². The van der Waals surface area contributed by atoms with Crippen molar-refractivity contribution in [2.45, 2.75) is 4.90 Å². The highest BCUT2D eigenvalue weighted by Crippen LogP contribution is 2.15. The Morgan fingerprint density at radius 3 is 2.53 bits per heavy atom. The minimum absolute atomic E-state index is 0.112. The molecular weight excluding hydrogens is 220 g/mol. The summed E-state index contributed by atoms with van der Waals surface area (Å²) in [6.45, 7) is 3.18. The zero-order valence-corrected chi connectivity index (χ0v) is 8.53. The van der Waals surface area contributed by atoms with Crippen LogP contribution in [-0.2, 0) is 14.9 Å². The van der Waals surface area contributed by atoms with Gasteiger partial charge in [-0.15, -0.1) is 0 Å². The van der Waals surface area contributed by atoms with Gasteiger partial charge in [0.1, 0.15) is 4.90 Å². The summed E-state index contributed by atoms with van der Waals surface area (Å²) in [5.41, 5.74) is -0.205. The van der Waals surface area contributed by atoms with E-state index in [4.69, 9.17) is 4.55 Å². The summed E-state index contributed by atoms with van der Waals surface area (Å²) in [6.07, 6.45) is 0. The van der Waals surface area contributed by atoms with Gasteiger partial charge < -0.3 is 4.74 Å². The minimum Gasteiger partial charge on any atom is -0.462 e. The molecule has 0 fully saturated rings. The lowest BCUT2D eigenvalue weighted by Gasteiger charge is -2.05. The molecule has 0 unspecified atom stereocenters. The summed E-state index contributed by atoms with van der Waals surface area (Å²) in [4.78, 5) is 10.8. The van der Waals surface area contributed by atoms with E-state index in [1.54, 1.807) is 0 Å². The largest absolute Gasteiger partial charge is 0.462 e. The predicted molar refractivity (Wildman–Crippen MR) is 51.9 cm³/mol. The number of esters is 1. The van der Waals surface area contributed by atoms with Gasteiger partial charge in [-0.05, 0) is 19.1 Å². The number of ether oxygens (including phenoxy) is 1. The summed E-state index contributed by atoms with van der Waals surface area (Å²) < 4.78 is 35.2. The van der Waals surface area contributed by atoms with Crippen LogP contribution in [0.1, 0.15) is 10.4 Å². The third-order valence-electron chi connectivity index (χ3n) is 1.62. The first kappa shape index (κ1) is 11.7. The second kappa shape index (κ2) is 4.41. The molecule has 15 heavy (non-hydrogen) atoms. The molecule has 0 aliphatic carbocycles. The number of benzene rings is 1. The van der Waals surface area contributed by atoms with E-state index in [0.717, 1.165) is 6.07 Å². The van der Waals surface area contributed by atoms with Crippen molar-refractivity contribution in [2.75, 3.05) is 6.61 Å². The smallest absolute Gasteiger partial charge is 0.339 e. The molecule has 0 aromatic heterocycles. The Hall–Kier alpha value is -1.40. The number of carbonyl (C=O) groups excluding carboxylic acids is 1. The van der Waals surface area contributed by atoms with Crippen molar-refractivity contribution in [3.63, 3.8) is 0 Å². The fraction of sp³-hybridized carbons (Fsp3) is 0.111. The molecule has 6 heteroatoms. The normalized spacial score (nSPS) is 11.1. The van der Waals surface area contributed by atoms with Crippen molar-refractivity contribution in [2.24, 2.45) is 0 Å². The van der Waals surface area contributed by atoms with E-state index >= 15 is 0 Å². The molecule has 0 amide bonds. The molecule has 1 radical (unpaired) electrons. The van der Waals surface area contributed by atoms with Gasteiger partial charge >= 0.3 is 5.97 Å². The van der Waals surface area contributed by atoms with E-state index < -0.39 is 21.0 Å². The Bertz CT molecular complexity index is 463. The molecule has 81 valence electrons. The molecule has 5 nitrogen and oxygen atoms in total. The minimum atomic E-state index is -4.42.